The van der Waals surface area contributed by atoms with Crippen LogP contribution >= 0.6 is 7.82 Å². The smallest absolute Gasteiger partial charge is 0.388 e. The van der Waals surface area contributed by atoms with Crippen molar-refractivity contribution in [2.24, 2.45) is 0 Å². The molecule has 0 saturated heterocycles. The summed E-state index contributed by atoms with van der Waals surface area (Å²) in [5.74, 6) is -1.61. The number of phosphoric acid groups is 1. The van der Waals surface area contributed by atoms with E-state index in [4.69, 9.17) is 9.79 Å². The van der Waals surface area contributed by atoms with Gasteiger partial charge in [0.15, 0.2) is 6.10 Å². The van der Waals surface area contributed by atoms with Gasteiger partial charge in [0, 0.05) is 30.6 Å². The number of aliphatic hydroxyl groups is 4. The number of hydrogen-bond acceptors (Lipinski definition) is 10. The van der Waals surface area contributed by atoms with Gasteiger partial charge in [0.1, 0.15) is 18.3 Å². The van der Waals surface area contributed by atoms with Crippen LogP contribution in [0.5, 0.6) is 0 Å². The van der Waals surface area contributed by atoms with Gasteiger partial charge in [-0.3, -0.25) is 9.32 Å². The van der Waals surface area contributed by atoms with Gasteiger partial charge in [0.2, 0.25) is 0 Å². The molecular formula is C18H25N2O11PS. The molecule has 0 saturated carbocycles. The van der Waals surface area contributed by atoms with Crippen LogP contribution in [0.4, 0.5) is 5.69 Å². The monoisotopic (exact) mass is 508 g/mol. The van der Waals surface area contributed by atoms with E-state index in [9.17, 15) is 38.2 Å². The van der Waals surface area contributed by atoms with E-state index in [1.54, 1.807) is 41.9 Å². The Kier molecular flexibility index (Phi) is 8.57. The highest BCUT2D eigenvalue weighted by molar-refractivity contribution is 7.90. The molecule has 13 nitrogen and oxygen atoms in total. The largest absolute Gasteiger partial charge is 0.469 e. The molecule has 0 unspecified atom stereocenters. The second kappa shape index (κ2) is 10.4. The number of nitrogens with zero attached hydrogens (tertiary/aromatic N) is 1. The lowest BCUT2D eigenvalue weighted by molar-refractivity contribution is -0.147. The van der Waals surface area contributed by atoms with Crippen LogP contribution in [0.1, 0.15) is 0 Å². The zero-order valence-corrected chi connectivity index (χ0v) is 19.2. The van der Waals surface area contributed by atoms with Crippen molar-refractivity contribution >= 4 is 40.2 Å². The minimum Gasteiger partial charge on any atom is -0.388 e. The van der Waals surface area contributed by atoms with Crippen LogP contribution in [-0.2, 0) is 23.9 Å². The Labute approximate surface area is 189 Å². The molecule has 0 bridgehead atoms. The number of phosphoric ester groups is 1. The summed E-state index contributed by atoms with van der Waals surface area (Å²) in [4.78, 5) is 30.9. The van der Waals surface area contributed by atoms with Crippen molar-refractivity contribution < 1.29 is 52.5 Å². The lowest BCUT2D eigenvalue weighted by Crippen LogP contribution is -2.52. The maximum absolute atomic E-state index is 12.8. The molecule has 0 fully saturated rings. The number of aliphatic hydroxyl groups excluding tert-OH is 4. The highest BCUT2D eigenvalue weighted by Gasteiger charge is 2.37. The third kappa shape index (κ3) is 6.69. The van der Waals surface area contributed by atoms with Crippen molar-refractivity contribution in [2.45, 2.75) is 29.3 Å². The number of carbonyl (C=O) groups is 1. The van der Waals surface area contributed by atoms with E-state index in [0.29, 0.717) is 11.1 Å². The number of fused-ring (bicyclic) bond motifs is 1. The molecule has 2 aromatic rings. The van der Waals surface area contributed by atoms with Gasteiger partial charge in [0.05, 0.1) is 11.5 Å². The first-order chi connectivity index (χ1) is 15.2. The molecule has 15 heteroatoms. The number of hydrogen-bond donors (Lipinski definition) is 7. The van der Waals surface area contributed by atoms with Crippen molar-refractivity contribution in [3.63, 3.8) is 0 Å². The molecule has 0 aliphatic carbocycles. The maximum Gasteiger partial charge on any atom is 0.469 e. The van der Waals surface area contributed by atoms with Crippen molar-refractivity contribution in [2.75, 3.05) is 25.6 Å². The van der Waals surface area contributed by atoms with Gasteiger partial charge in [-0.2, -0.15) is 0 Å². The van der Waals surface area contributed by atoms with Gasteiger partial charge in [-0.1, -0.05) is 24.3 Å². The lowest BCUT2D eigenvalue weighted by atomic mass is 10.0. The van der Waals surface area contributed by atoms with Crippen LogP contribution in [-0.4, -0.2) is 89.7 Å². The third-order valence-electron chi connectivity index (χ3n) is 4.62. The molecule has 0 aliphatic heterocycles. The number of anilines is 1. The van der Waals surface area contributed by atoms with Crippen molar-refractivity contribution in [3.8, 4) is 0 Å². The highest BCUT2D eigenvalue weighted by Crippen LogP contribution is 2.36. The first-order valence-corrected chi connectivity index (χ1v) is 12.3. The summed E-state index contributed by atoms with van der Waals surface area (Å²) in [6, 6.07) is 9.28. The van der Waals surface area contributed by atoms with Crippen molar-refractivity contribution in [1.82, 2.24) is 4.72 Å². The van der Waals surface area contributed by atoms with Gasteiger partial charge in [-0.05, 0) is 12.1 Å². The Hall–Kier alpha value is -2.13. The summed E-state index contributed by atoms with van der Waals surface area (Å²) in [6.07, 6.45) is -9.36. The second-order valence-electron chi connectivity index (χ2n) is 7.27. The Morgan fingerprint density at radius 1 is 1.03 bits per heavy atom. The Morgan fingerprint density at radius 3 is 2.18 bits per heavy atom. The molecule has 0 aromatic heterocycles. The molecule has 0 spiro atoms. The predicted octanol–water partition coefficient (Wildman–Crippen LogP) is -1.74. The van der Waals surface area contributed by atoms with Crippen LogP contribution in [0.3, 0.4) is 0 Å². The minimum atomic E-state index is -5.00. The molecule has 2 aromatic carbocycles. The van der Waals surface area contributed by atoms with E-state index in [1.807, 2.05) is 0 Å². The number of sulfonamides is 1. The Morgan fingerprint density at radius 2 is 1.61 bits per heavy atom. The SMILES string of the molecule is CN(C)c1cccc2c(S(=O)(=O)NC(=O)[C@H](O)[C@@H](O)[C@H](O)[C@H](O)COP(=O)(O)O)cccc12. The minimum absolute atomic E-state index is 0.282. The normalized spacial score (nSPS) is 16.1. The summed E-state index contributed by atoms with van der Waals surface area (Å²) in [6.45, 7) is -1.14. The van der Waals surface area contributed by atoms with Gasteiger partial charge < -0.3 is 35.1 Å². The third-order valence-corrected chi connectivity index (χ3v) is 6.51. The standard InChI is InChI=1S/C18H25N2O11PS/c1-20(2)12-7-3-6-11-10(12)5-4-8-14(11)33(29,30)19-18(25)17(24)16(23)15(22)13(21)9-31-32(26,27)28/h3-8,13,15-17,21-24H,9H2,1-2H3,(H,19,25)(H2,26,27,28)/t13-,15-,16+,17-/m1/s1. The van der Waals surface area contributed by atoms with Crippen LogP contribution < -0.4 is 9.62 Å². The summed E-state index contributed by atoms with van der Waals surface area (Å²) in [5, 5.41) is 40.2. The molecule has 0 radical (unpaired) electrons. The van der Waals surface area contributed by atoms with Gasteiger partial charge >= 0.3 is 7.82 Å². The van der Waals surface area contributed by atoms with E-state index in [-0.39, 0.29) is 10.3 Å². The first kappa shape index (κ1) is 27.1. The second-order valence-corrected chi connectivity index (χ2v) is 10.2. The lowest BCUT2D eigenvalue weighted by Gasteiger charge is -2.25. The van der Waals surface area contributed by atoms with Gasteiger partial charge in [-0.25, -0.2) is 17.7 Å². The fourth-order valence-corrected chi connectivity index (χ4v) is 4.55. The molecule has 4 atom stereocenters. The summed E-state index contributed by atoms with van der Waals surface area (Å²) >= 11 is 0. The van der Waals surface area contributed by atoms with Crippen LogP contribution in [0.25, 0.3) is 10.8 Å². The average Bonchev–Trinajstić information content (AvgIpc) is 2.73. The molecule has 33 heavy (non-hydrogen) atoms. The molecule has 0 aliphatic rings. The number of rotatable bonds is 10. The molecule has 1 amide bonds. The fourth-order valence-electron chi connectivity index (χ4n) is 2.98. The summed E-state index contributed by atoms with van der Waals surface area (Å²) in [5.41, 5.74) is 0.709. The van der Waals surface area contributed by atoms with E-state index in [0.717, 1.165) is 0 Å². The van der Waals surface area contributed by atoms with Crippen LogP contribution in [0.2, 0.25) is 0 Å². The van der Waals surface area contributed by atoms with E-state index >= 15 is 0 Å². The zero-order valence-electron chi connectivity index (χ0n) is 17.5. The van der Waals surface area contributed by atoms with Crippen LogP contribution in [0.15, 0.2) is 41.3 Å². The molecule has 184 valence electrons. The molecule has 2 rings (SSSR count). The number of benzene rings is 2. The number of nitrogens with one attached hydrogen (secondary N) is 1. The van der Waals surface area contributed by atoms with Gasteiger partial charge in [0.25, 0.3) is 15.9 Å². The molecular weight excluding hydrogens is 483 g/mol. The van der Waals surface area contributed by atoms with E-state index < -0.39 is 54.8 Å². The van der Waals surface area contributed by atoms with Crippen molar-refractivity contribution in [1.29, 1.82) is 0 Å². The first-order valence-electron chi connectivity index (χ1n) is 9.34. The summed E-state index contributed by atoms with van der Waals surface area (Å²) < 4.78 is 41.9. The Bertz CT molecular complexity index is 1150. The zero-order chi connectivity index (χ0) is 25.1. The quantitative estimate of drug-likeness (QED) is 0.178. The van der Waals surface area contributed by atoms with E-state index in [1.165, 1.54) is 18.2 Å². The molecule has 0 heterocycles. The summed E-state index contributed by atoms with van der Waals surface area (Å²) in [7, 11) is -6.02. The fraction of sp³-hybridized carbons (Fsp3) is 0.389. The van der Waals surface area contributed by atoms with Crippen LogP contribution in [0, 0.1) is 0 Å². The average molecular weight is 508 g/mol. The van der Waals surface area contributed by atoms with E-state index in [2.05, 4.69) is 4.52 Å². The number of carbonyl (C=O) groups excluding carboxylic acids is 1. The topological polar surface area (TPSA) is 214 Å². The maximum atomic E-state index is 12.8. The number of amides is 1. The molecule has 7 N–H and O–H groups in total. The Balaban J connectivity index is 2.22. The van der Waals surface area contributed by atoms with Crippen molar-refractivity contribution in [3.05, 3.63) is 36.4 Å². The highest BCUT2D eigenvalue weighted by atomic mass is 32.2. The van der Waals surface area contributed by atoms with Gasteiger partial charge in [-0.15, -0.1) is 0 Å². The predicted molar refractivity (Wildman–Crippen MR) is 116 cm³/mol.